The Bertz CT molecular complexity index is 354. The molecule has 17 heavy (non-hydrogen) atoms. The van der Waals surface area contributed by atoms with Crippen LogP contribution in [-0.2, 0) is 23.9 Å². The van der Waals surface area contributed by atoms with Gasteiger partial charge in [-0.3, -0.25) is 14.4 Å². The highest BCUT2D eigenvalue weighted by molar-refractivity contribution is 6.11. The van der Waals surface area contributed by atoms with Gasteiger partial charge in [-0.05, 0) is 12.8 Å². The predicted molar refractivity (Wildman–Crippen MR) is 57.2 cm³/mol. The third kappa shape index (κ3) is 2.11. The fourth-order valence-corrected chi connectivity index (χ4v) is 2.94. The smallest absolute Gasteiger partial charge is 0.316 e. The maximum Gasteiger partial charge on any atom is 0.316 e. The van der Waals surface area contributed by atoms with Gasteiger partial charge < -0.3 is 9.47 Å². The molecule has 1 saturated heterocycles. The lowest BCUT2D eigenvalue weighted by molar-refractivity contribution is -0.163. The molecule has 1 saturated carbocycles. The van der Waals surface area contributed by atoms with Crippen LogP contribution in [0.1, 0.15) is 25.7 Å². The first kappa shape index (κ1) is 12.2. The van der Waals surface area contributed by atoms with Gasteiger partial charge in [0.05, 0.1) is 13.5 Å². The van der Waals surface area contributed by atoms with E-state index in [0.717, 1.165) is 0 Å². The van der Waals surface area contributed by atoms with E-state index in [1.54, 1.807) is 0 Å². The van der Waals surface area contributed by atoms with Crippen LogP contribution in [0, 0.1) is 11.3 Å². The molecule has 1 heterocycles. The molecule has 0 bridgehead atoms. The Morgan fingerprint density at radius 3 is 2.59 bits per heavy atom. The predicted octanol–water partition coefficient (Wildman–Crippen LogP) is 0.504. The van der Waals surface area contributed by atoms with Gasteiger partial charge in [0.25, 0.3) is 0 Å². The molecule has 0 aromatic carbocycles. The van der Waals surface area contributed by atoms with Crippen molar-refractivity contribution < 1.29 is 23.9 Å². The van der Waals surface area contributed by atoms with Crippen molar-refractivity contribution >= 4 is 17.5 Å². The van der Waals surface area contributed by atoms with E-state index >= 15 is 0 Å². The SMILES string of the molecule is COC(=O)[C@H]1C(=O)CC(=O)CC12CCOCC2. The van der Waals surface area contributed by atoms with Crippen molar-refractivity contribution in [2.75, 3.05) is 20.3 Å². The summed E-state index contributed by atoms with van der Waals surface area (Å²) in [5.74, 6) is -1.66. The number of rotatable bonds is 1. The summed E-state index contributed by atoms with van der Waals surface area (Å²) in [5.41, 5.74) is -0.558. The number of hydrogen-bond acceptors (Lipinski definition) is 5. The zero-order valence-electron chi connectivity index (χ0n) is 9.86. The highest BCUT2D eigenvalue weighted by Crippen LogP contribution is 2.46. The van der Waals surface area contributed by atoms with Gasteiger partial charge in [-0.25, -0.2) is 0 Å². The Morgan fingerprint density at radius 2 is 2.00 bits per heavy atom. The quantitative estimate of drug-likeness (QED) is 0.493. The molecule has 0 unspecified atom stereocenters. The molecule has 2 aliphatic rings. The molecule has 0 N–H and O–H groups in total. The van der Waals surface area contributed by atoms with Gasteiger partial charge in [0.2, 0.25) is 0 Å². The topological polar surface area (TPSA) is 69.7 Å². The summed E-state index contributed by atoms with van der Waals surface area (Å²) < 4.78 is 9.97. The second-order valence-electron chi connectivity index (χ2n) is 4.79. The molecule has 2 rings (SSSR count). The minimum atomic E-state index is -0.783. The van der Waals surface area contributed by atoms with E-state index in [0.29, 0.717) is 32.5 Å². The summed E-state index contributed by atoms with van der Waals surface area (Å²) in [6.45, 7) is 0.988. The Labute approximate surface area is 99.5 Å². The number of Topliss-reactive ketones (excluding diaryl/α,β-unsaturated/α-hetero) is 2. The average molecular weight is 240 g/mol. The minimum Gasteiger partial charge on any atom is -0.468 e. The van der Waals surface area contributed by atoms with Crippen molar-refractivity contribution in [3.63, 3.8) is 0 Å². The van der Waals surface area contributed by atoms with Crippen molar-refractivity contribution in [3.05, 3.63) is 0 Å². The normalized spacial score (nSPS) is 28.2. The fourth-order valence-electron chi connectivity index (χ4n) is 2.94. The summed E-state index contributed by atoms with van der Waals surface area (Å²) in [4.78, 5) is 35.3. The van der Waals surface area contributed by atoms with Gasteiger partial charge in [0.1, 0.15) is 11.7 Å². The van der Waals surface area contributed by atoms with Crippen LogP contribution in [0.25, 0.3) is 0 Å². The minimum absolute atomic E-state index is 0.0722. The van der Waals surface area contributed by atoms with Gasteiger partial charge >= 0.3 is 5.97 Å². The molecule has 5 nitrogen and oxygen atoms in total. The Hall–Kier alpha value is -1.23. The standard InChI is InChI=1S/C12H16O5/c1-16-11(15)10-9(14)6-8(13)7-12(10)2-4-17-5-3-12/h10H,2-7H2,1H3/t10-/m1/s1. The van der Waals surface area contributed by atoms with E-state index < -0.39 is 17.3 Å². The van der Waals surface area contributed by atoms with Gasteiger partial charge in [-0.15, -0.1) is 0 Å². The molecule has 0 aromatic heterocycles. The Kier molecular flexibility index (Phi) is 3.28. The van der Waals surface area contributed by atoms with Gasteiger partial charge in [0, 0.05) is 25.0 Å². The third-order valence-electron chi connectivity index (χ3n) is 3.78. The summed E-state index contributed by atoms with van der Waals surface area (Å²) in [7, 11) is 1.28. The van der Waals surface area contributed by atoms with Crippen LogP contribution in [0.3, 0.4) is 0 Å². The fraction of sp³-hybridized carbons (Fsp3) is 0.750. The summed E-state index contributed by atoms with van der Waals surface area (Å²) >= 11 is 0. The molecule has 1 aliphatic carbocycles. The first-order chi connectivity index (χ1) is 8.09. The maximum absolute atomic E-state index is 11.9. The Balaban J connectivity index is 2.32. The van der Waals surface area contributed by atoms with Crippen molar-refractivity contribution in [1.82, 2.24) is 0 Å². The van der Waals surface area contributed by atoms with E-state index in [1.807, 2.05) is 0 Å². The molecule has 1 aliphatic heterocycles. The van der Waals surface area contributed by atoms with Crippen molar-refractivity contribution in [2.24, 2.45) is 11.3 Å². The third-order valence-corrected chi connectivity index (χ3v) is 3.78. The number of carbonyl (C=O) groups excluding carboxylic acids is 3. The first-order valence-corrected chi connectivity index (χ1v) is 5.79. The van der Waals surface area contributed by atoms with Crippen LogP contribution < -0.4 is 0 Å². The van der Waals surface area contributed by atoms with Gasteiger partial charge in [-0.1, -0.05) is 0 Å². The maximum atomic E-state index is 11.9. The second-order valence-corrected chi connectivity index (χ2v) is 4.79. The first-order valence-electron chi connectivity index (χ1n) is 5.79. The molecule has 0 amide bonds. The van der Waals surface area contributed by atoms with Crippen molar-refractivity contribution in [2.45, 2.75) is 25.7 Å². The van der Waals surface area contributed by atoms with Gasteiger partial charge in [-0.2, -0.15) is 0 Å². The monoisotopic (exact) mass is 240 g/mol. The number of hydrogen-bond donors (Lipinski definition) is 0. The lowest BCUT2D eigenvalue weighted by Gasteiger charge is -2.43. The zero-order chi connectivity index (χ0) is 12.5. The second kappa shape index (κ2) is 4.56. The largest absolute Gasteiger partial charge is 0.468 e. The molecule has 2 fully saturated rings. The molecule has 94 valence electrons. The van der Waals surface area contributed by atoms with Crippen LogP contribution >= 0.6 is 0 Å². The van der Waals surface area contributed by atoms with Crippen LogP contribution in [-0.4, -0.2) is 37.9 Å². The van der Waals surface area contributed by atoms with Gasteiger partial charge in [0.15, 0.2) is 5.78 Å². The highest BCUT2D eigenvalue weighted by atomic mass is 16.5. The van der Waals surface area contributed by atoms with E-state index in [2.05, 4.69) is 0 Å². The van der Waals surface area contributed by atoms with Crippen LogP contribution in [0.15, 0.2) is 0 Å². The number of esters is 1. The lowest BCUT2D eigenvalue weighted by Crippen LogP contribution is -2.50. The Morgan fingerprint density at radius 1 is 1.35 bits per heavy atom. The lowest BCUT2D eigenvalue weighted by atomic mass is 9.61. The molecule has 5 heteroatoms. The van der Waals surface area contributed by atoms with Crippen molar-refractivity contribution in [3.8, 4) is 0 Å². The summed E-state index contributed by atoms with van der Waals surface area (Å²) in [6.07, 6.45) is 1.30. The van der Waals surface area contributed by atoms with Crippen LogP contribution in [0.2, 0.25) is 0 Å². The van der Waals surface area contributed by atoms with E-state index in [4.69, 9.17) is 9.47 Å². The molecule has 1 spiro atoms. The van der Waals surface area contributed by atoms with E-state index in [1.165, 1.54) is 7.11 Å². The molecular weight excluding hydrogens is 224 g/mol. The number of ether oxygens (including phenoxy) is 2. The molecule has 0 radical (unpaired) electrons. The average Bonchev–Trinajstić information content (AvgIpc) is 2.28. The summed E-state index contributed by atoms with van der Waals surface area (Å²) in [5, 5.41) is 0. The number of ketones is 2. The van der Waals surface area contributed by atoms with E-state index in [-0.39, 0.29) is 18.0 Å². The highest BCUT2D eigenvalue weighted by Gasteiger charge is 2.52. The van der Waals surface area contributed by atoms with Crippen LogP contribution in [0.5, 0.6) is 0 Å². The molecular formula is C12H16O5. The number of carbonyl (C=O) groups is 3. The number of methoxy groups -OCH3 is 1. The van der Waals surface area contributed by atoms with Crippen molar-refractivity contribution in [1.29, 1.82) is 0 Å². The van der Waals surface area contributed by atoms with E-state index in [9.17, 15) is 14.4 Å². The van der Waals surface area contributed by atoms with Crippen LogP contribution in [0.4, 0.5) is 0 Å². The summed E-state index contributed by atoms with van der Waals surface area (Å²) in [6, 6.07) is 0. The zero-order valence-corrected chi connectivity index (χ0v) is 9.86. The molecule has 0 aromatic rings. The molecule has 1 atom stereocenters.